The van der Waals surface area contributed by atoms with Crippen molar-refractivity contribution in [2.24, 2.45) is 5.10 Å². The number of ether oxygens (including phenoxy) is 1. The number of aliphatic hydroxyl groups is 2. The lowest BCUT2D eigenvalue weighted by atomic mass is 9.78. The van der Waals surface area contributed by atoms with Crippen molar-refractivity contribution in [1.29, 1.82) is 0 Å². The summed E-state index contributed by atoms with van der Waals surface area (Å²) in [7, 11) is 1.10. The molecule has 5 N–H and O–H groups in total. The normalized spacial score (nSPS) is 16.9. The maximum atomic E-state index is 13.7. The quantitative estimate of drug-likeness (QED) is 0.108. The molecule has 4 aliphatic rings. The highest BCUT2D eigenvalue weighted by Gasteiger charge is 2.53. The number of nitrogens with zero attached hydrogens (tertiary/aromatic N) is 3. The van der Waals surface area contributed by atoms with Crippen LogP contribution in [0.4, 0.5) is 0 Å². The minimum Gasteiger partial charge on any atom is -0.510 e. The fourth-order valence-corrected chi connectivity index (χ4v) is 6.97. The van der Waals surface area contributed by atoms with Crippen molar-refractivity contribution < 1.29 is 24.9 Å². The van der Waals surface area contributed by atoms with Gasteiger partial charge in [0.15, 0.2) is 11.2 Å². The Morgan fingerprint density at radius 2 is 1.79 bits per heavy atom. The van der Waals surface area contributed by atoms with E-state index in [2.05, 4.69) is 20.5 Å². The molecule has 7 rings (SSSR count). The van der Waals surface area contributed by atoms with Gasteiger partial charge in [-0.05, 0) is 24.5 Å². The molecule has 2 heterocycles. The SMILES string of the molecule is COc1cc(=O)c2c(=O)c3c(c(=O)c=2c1=O)=C(O)[C@]1(CCc2c1c(O)c1c(=O)[nH]c(C=NNC(=O)Cn4ccnc4)cc1c2Cl)C=3O. The van der Waals surface area contributed by atoms with Gasteiger partial charge in [0.1, 0.15) is 29.2 Å². The molecule has 0 fully saturated rings. The summed E-state index contributed by atoms with van der Waals surface area (Å²) in [5.74, 6) is -3.34. The topological polar surface area (TPSA) is 230 Å². The van der Waals surface area contributed by atoms with E-state index in [9.17, 15) is 44.1 Å². The van der Waals surface area contributed by atoms with E-state index in [4.69, 9.17) is 16.3 Å². The molecule has 1 aromatic carbocycles. The second-order valence-corrected chi connectivity index (χ2v) is 11.4. The summed E-state index contributed by atoms with van der Waals surface area (Å²) >= 11 is 6.77. The predicted octanol–water partition coefficient (Wildman–Crippen LogP) is -1.49. The first-order valence-electron chi connectivity index (χ1n) is 13.9. The maximum absolute atomic E-state index is 13.7. The third kappa shape index (κ3) is 3.92. The fourth-order valence-electron chi connectivity index (χ4n) is 6.64. The van der Waals surface area contributed by atoms with Crippen LogP contribution in [0.5, 0.6) is 11.5 Å². The summed E-state index contributed by atoms with van der Waals surface area (Å²) in [5.41, 5.74) is -4.96. The number of aromatic nitrogens is 3. The van der Waals surface area contributed by atoms with Gasteiger partial charge in [-0.2, -0.15) is 5.10 Å². The van der Waals surface area contributed by atoms with Gasteiger partial charge < -0.3 is 29.6 Å². The van der Waals surface area contributed by atoms with Crippen molar-refractivity contribution >= 4 is 46.0 Å². The lowest BCUT2D eigenvalue weighted by molar-refractivity contribution is -0.121. The minimum atomic E-state index is -2.10. The van der Waals surface area contributed by atoms with Gasteiger partial charge in [0.25, 0.3) is 11.5 Å². The average Bonchev–Trinajstić information content (AvgIpc) is 3.75. The Morgan fingerprint density at radius 3 is 2.45 bits per heavy atom. The van der Waals surface area contributed by atoms with Crippen LogP contribution in [0.15, 0.2) is 59.9 Å². The predicted molar refractivity (Wildman–Crippen MR) is 166 cm³/mol. The first-order valence-corrected chi connectivity index (χ1v) is 14.2. The molecule has 2 aromatic heterocycles. The molecular weight excluding hydrogens is 638 g/mol. The molecule has 3 aromatic rings. The molecule has 1 atom stereocenters. The number of aromatic hydroxyl groups is 1. The minimum absolute atomic E-state index is 0.00433. The van der Waals surface area contributed by atoms with E-state index >= 15 is 0 Å². The Kier molecular flexibility index (Phi) is 6.44. The summed E-state index contributed by atoms with van der Waals surface area (Å²) in [5, 5.41) is 35.3. The van der Waals surface area contributed by atoms with E-state index in [-0.39, 0.29) is 52.0 Å². The van der Waals surface area contributed by atoms with Gasteiger partial charge in [-0.3, -0.25) is 28.8 Å². The standard InChI is InChI=1S/C31H20ClN5O10/c1-47-15-7-14(38)18-19(24(15)40)26(42)21-20(25(18)41)28(44)31(29(21)45)3-2-12-22(31)27(43)17-13(23(12)32)6-11(35-30(17)46)8-34-36-16(39)9-37-5-4-33-10-37/h4-8,10,43-45H,2-3,9H2,1H3,(H,35,46)(H,36,39)/t31-/m0/s1. The molecular formula is C31H20ClN5O10. The number of nitrogens with one attached hydrogen (secondary N) is 2. The molecule has 1 amide bonds. The van der Waals surface area contributed by atoms with E-state index in [0.29, 0.717) is 0 Å². The first kappa shape index (κ1) is 29.6. The number of H-pyrrole nitrogens is 1. The summed E-state index contributed by atoms with van der Waals surface area (Å²) in [6, 6.07) is 2.15. The highest BCUT2D eigenvalue weighted by atomic mass is 35.5. The second kappa shape index (κ2) is 10.2. The molecule has 0 radical (unpaired) electrons. The number of rotatable bonds is 5. The number of hydrogen-bond acceptors (Lipinski definition) is 12. The molecule has 4 aliphatic carbocycles. The molecule has 0 bridgehead atoms. The molecule has 0 saturated heterocycles. The summed E-state index contributed by atoms with van der Waals surface area (Å²) < 4.78 is 6.41. The van der Waals surface area contributed by atoms with E-state index in [1.165, 1.54) is 23.2 Å². The number of amides is 1. The first-order chi connectivity index (χ1) is 22.4. The fraction of sp³-hybridized carbons (Fsp3) is 0.161. The lowest BCUT2D eigenvalue weighted by Gasteiger charge is -2.27. The number of phenols is 1. The Morgan fingerprint density at radius 1 is 1.09 bits per heavy atom. The molecule has 0 saturated carbocycles. The van der Waals surface area contributed by atoms with Crippen LogP contribution in [0.1, 0.15) is 23.2 Å². The average molecular weight is 658 g/mol. The number of halogens is 1. The molecule has 16 heteroatoms. The maximum Gasteiger partial charge on any atom is 0.260 e. The number of benzene rings is 1. The highest BCUT2D eigenvalue weighted by molar-refractivity contribution is 6.37. The van der Waals surface area contributed by atoms with Gasteiger partial charge in [0.05, 0.1) is 56.6 Å². The van der Waals surface area contributed by atoms with Crippen molar-refractivity contribution in [1.82, 2.24) is 20.0 Å². The Bertz CT molecular complexity index is 2750. The van der Waals surface area contributed by atoms with Crippen LogP contribution in [0.25, 0.3) is 22.3 Å². The number of fused-ring (bicyclic) bond motifs is 4. The van der Waals surface area contributed by atoms with Crippen molar-refractivity contribution in [3.8, 4) is 11.5 Å². The van der Waals surface area contributed by atoms with Crippen LogP contribution in [0.2, 0.25) is 5.02 Å². The Hall–Kier alpha value is -6.09. The van der Waals surface area contributed by atoms with Gasteiger partial charge >= 0.3 is 0 Å². The van der Waals surface area contributed by atoms with Crippen molar-refractivity contribution in [3.05, 3.63) is 125 Å². The van der Waals surface area contributed by atoms with E-state index in [1.807, 2.05) is 0 Å². The monoisotopic (exact) mass is 657 g/mol. The third-order valence-electron chi connectivity index (χ3n) is 8.66. The summed E-state index contributed by atoms with van der Waals surface area (Å²) in [6.45, 7) is -0.0568. The Balaban J connectivity index is 1.42. The highest BCUT2D eigenvalue weighted by Crippen LogP contribution is 2.56. The number of hydrogen-bond donors (Lipinski definition) is 5. The zero-order valence-electron chi connectivity index (χ0n) is 24.0. The molecule has 236 valence electrons. The van der Waals surface area contributed by atoms with Crippen LogP contribution in [-0.4, -0.2) is 49.1 Å². The molecule has 15 nitrogen and oxygen atoms in total. The number of pyridine rings is 1. The van der Waals surface area contributed by atoms with Crippen LogP contribution < -0.4 is 47.9 Å². The van der Waals surface area contributed by atoms with E-state index in [1.54, 1.807) is 6.20 Å². The van der Waals surface area contributed by atoms with Crippen molar-refractivity contribution in [2.75, 3.05) is 7.11 Å². The lowest BCUT2D eigenvalue weighted by Crippen LogP contribution is -2.51. The van der Waals surface area contributed by atoms with Crippen LogP contribution >= 0.6 is 11.6 Å². The largest absolute Gasteiger partial charge is 0.510 e. The molecule has 47 heavy (non-hydrogen) atoms. The number of phenolic OH excluding ortho intramolecular Hbond substituents is 1. The number of aromatic amines is 1. The number of carbonyl (C=O) groups excluding carboxylic acids is 1. The molecule has 1 spiro atoms. The van der Waals surface area contributed by atoms with Gasteiger partial charge in [-0.1, -0.05) is 11.6 Å². The number of imidazole rings is 1. The number of aliphatic hydroxyl groups excluding tert-OH is 2. The Labute approximate surface area is 264 Å². The smallest absolute Gasteiger partial charge is 0.260 e. The van der Waals surface area contributed by atoms with Gasteiger partial charge in [0, 0.05) is 29.4 Å². The zero-order valence-corrected chi connectivity index (χ0v) is 24.8. The number of carbonyl (C=O) groups is 1. The second-order valence-electron chi connectivity index (χ2n) is 11.1. The summed E-state index contributed by atoms with van der Waals surface area (Å²) in [4.78, 5) is 84.8. The van der Waals surface area contributed by atoms with Gasteiger partial charge in [-0.25, -0.2) is 10.4 Å². The molecule has 0 aliphatic heterocycles. The van der Waals surface area contributed by atoms with Crippen LogP contribution in [0.3, 0.4) is 0 Å². The number of hydrazone groups is 1. The zero-order chi connectivity index (χ0) is 33.5. The van der Waals surface area contributed by atoms with E-state index in [0.717, 1.165) is 19.4 Å². The van der Waals surface area contributed by atoms with Crippen LogP contribution in [0, 0.1) is 10.4 Å². The van der Waals surface area contributed by atoms with Gasteiger partial charge in [-0.15, -0.1) is 0 Å². The van der Waals surface area contributed by atoms with E-state index < -0.39 is 82.5 Å². The van der Waals surface area contributed by atoms with Crippen molar-refractivity contribution in [2.45, 2.75) is 24.8 Å². The molecule has 0 unspecified atom stereocenters. The number of methoxy groups -OCH3 is 1. The van der Waals surface area contributed by atoms with Gasteiger partial charge in [0.2, 0.25) is 16.3 Å². The van der Waals surface area contributed by atoms with Crippen LogP contribution in [-0.2, 0) is 23.2 Å². The van der Waals surface area contributed by atoms with Crippen molar-refractivity contribution in [3.63, 3.8) is 0 Å². The third-order valence-corrected chi connectivity index (χ3v) is 9.09. The summed E-state index contributed by atoms with van der Waals surface area (Å²) in [6.07, 6.45) is 5.48.